The first kappa shape index (κ1) is 8.30. The molecular formula is C11H14N2. The van der Waals surface area contributed by atoms with Crippen molar-refractivity contribution < 1.29 is 0 Å². The van der Waals surface area contributed by atoms with Gasteiger partial charge in [0.2, 0.25) is 0 Å². The Morgan fingerprint density at radius 2 is 2.15 bits per heavy atom. The fourth-order valence-electron chi connectivity index (χ4n) is 1.72. The van der Waals surface area contributed by atoms with E-state index in [4.69, 9.17) is 0 Å². The first-order valence-corrected chi connectivity index (χ1v) is 4.59. The van der Waals surface area contributed by atoms with E-state index in [0.29, 0.717) is 5.92 Å². The van der Waals surface area contributed by atoms with Gasteiger partial charge in [-0.2, -0.15) is 0 Å². The minimum atomic E-state index is 0.563. The summed E-state index contributed by atoms with van der Waals surface area (Å²) in [4.78, 5) is 4.16. The Balaban J connectivity index is 2.78. The molecule has 0 aromatic carbocycles. The zero-order valence-electron chi connectivity index (χ0n) is 8.28. The van der Waals surface area contributed by atoms with Gasteiger partial charge >= 0.3 is 0 Å². The molecule has 0 saturated carbocycles. The third kappa shape index (κ3) is 1.22. The predicted molar refractivity (Wildman–Crippen MR) is 54.8 cm³/mol. The smallest absolute Gasteiger partial charge is 0.0511 e. The van der Waals surface area contributed by atoms with E-state index < -0.39 is 0 Å². The van der Waals surface area contributed by atoms with Crippen molar-refractivity contribution in [2.24, 2.45) is 7.05 Å². The van der Waals surface area contributed by atoms with Gasteiger partial charge in [0, 0.05) is 31.0 Å². The molecule has 13 heavy (non-hydrogen) atoms. The number of fused-ring (bicyclic) bond motifs is 1. The highest BCUT2D eigenvalue weighted by molar-refractivity contribution is 5.83. The molecule has 0 amide bonds. The van der Waals surface area contributed by atoms with Crippen molar-refractivity contribution in [1.82, 2.24) is 9.55 Å². The molecule has 0 aliphatic carbocycles. The zero-order chi connectivity index (χ0) is 9.42. The number of aromatic nitrogens is 2. The van der Waals surface area contributed by atoms with Gasteiger partial charge in [-0.1, -0.05) is 13.8 Å². The molecule has 0 saturated heterocycles. The fourth-order valence-corrected chi connectivity index (χ4v) is 1.72. The maximum atomic E-state index is 4.16. The molecule has 2 aromatic heterocycles. The van der Waals surface area contributed by atoms with Crippen molar-refractivity contribution in [3.8, 4) is 0 Å². The molecule has 0 spiro atoms. The summed E-state index contributed by atoms with van der Waals surface area (Å²) in [6.45, 7) is 4.42. The average molecular weight is 174 g/mol. The summed E-state index contributed by atoms with van der Waals surface area (Å²) in [7, 11) is 2.08. The summed E-state index contributed by atoms with van der Waals surface area (Å²) < 4.78 is 2.16. The highest BCUT2D eigenvalue weighted by atomic mass is 14.9. The molecule has 2 rings (SSSR count). The summed E-state index contributed by atoms with van der Waals surface area (Å²) in [5.41, 5.74) is 2.64. The molecule has 2 heteroatoms. The summed E-state index contributed by atoms with van der Waals surface area (Å²) in [5, 5.41) is 1.28. The highest BCUT2D eigenvalue weighted by Gasteiger charge is 2.08. The zero-order valence-corrected chi connectivity index (χ0v) is 8.28. The second-order valence-corrected chi connectivity index (χ2v) is 3.74. The quantitative estimate of drug-likeness (QED) is 0.650. The second-order valence-electron chi connectivity index (χ2n) is 3.74. The first-order chi connectivity index (χ1) is 6.20. The fraction of sp³-hybridized carbons (Fsp3) is 0.364. The van der Waals surface area contributed by atoms with Gasteiger partial charge in [-0.15, -0.1) is 0 Å². The van der Waals surface area contributed by atoms with Gasteiger partial charge in [0.1, 0.15) is 0 Å². The van der Waals surface area contributed by atoms with Crippen LogP contribution >= 0.6 is 0 Å². The van der Waals surface area contributed by atoms with E-state index in [9.17, 15) is 0 Å². The maximum absolute atomic E-state index is 4.16. The minimum Gasteiger partial charge on any atom is -0.350 e. The van der Waals surface area contributed by atoms with Gasteiger partial charge in [-0.25, -0.2) is 0 Å². The lowest BCUT2D eigenvalue weighted by Gasteiger charge is -2.00. The predicted octanol–water partition coefficient (Wildman–Crippen LogP) is 2.70. The Morgan fingerprint density at radius 1 is 1.38 bits per heavy atom. The van der Waals surface area contributed by atoms with Gasteiger partial charge in [-0.05, 0) is 17.5 Å². The van der Waals surface area contributed by atoms with Crippen LogP contribution < -0.4 is 0 Å². The number of hydrogen-bond acceptors (Lipinski definition) is 1. The third-order valence-corrected chi connectivity index (χ3v) is 2.44. The Bertz CT molecular complexity index is 427. The van der Waals surface area contributed by atoms with E-state index in [-0.39, 0.29) is 0 Å². The maximum Gasteiger partial charge on any atom is 0.0511 e. The number of rotatable bonds is 1. The molecule has 68 valence electrons. The van der Waals surface area contributed by atoms with Crippen LogP contribution in [0.2, 0.25) is 0 Å². The lowest BCUT2D eigenvalue weighted by Crippen LogP contribution is -1.84. The minimum absolute atomic E-state index is 0.563. The van der Waals surface area contributed by atoms with E-state index in [0.717, 1.165) is 0 Å². The van der Waals surface area contributed by atoms with Crippen molar-refractivity contribution in [3.05, 3.63) is 30.2 Å². The van der Waals surface area contributed by atoms with Gasteiger partial charge < -0.3 is 4.57 Å². The third-order valence-electron chi connectivity index (χ3n) is 2.44. The number of aryl methyl sites for hydroxylation is 1. The standard InChI is InChI=1S/C11H14N2/c1-8(2)10-7-13(3)11-4-5-12-6-9(10)11/h4-8H,1-3H3. The Labute approximate surface area is 78.2 Å². The van der Waals surface area contributed by atoms with Crippen LogP contribution in [0.25, 0.3) is 10.9 Å². The molecule has 0 aliphatic heterocycles. The van der Waals surface area contributed by atoms with Crippen LogP contribution in [0.4, 0.5) is 0 Å². The number of pyridine rings is 1. The molecule has 0 unspecified atom stereocenters. The summed E-state index contributed by atoms with van der Waals surface area (Å²) in [5.74, 6) is 0.563. The van der Waals surface area contributed by atoms with E-state index in [1.165, 1.54) is 16.5 Å². The van der Waals surface area contributed by atoms with E-state index >= 15 is 0 Å². The molecule has 2 nitrogen and oxygen atoms in total. The number of nitrogens with zero attached hydrogens (tertiary/aromatic N) is 2. The Hall–Kier alpha value is -1.31. The summed E-state index contributed by atoms with van der Waals surface area (Å²) >= 11 is 0. The van der Waals surface area contributed by atoms with Crippen LogP contribution in [0.15, 0.2) is 24.7 Å². The van der Waals surface area contributed by atoms with Crippen LogP contribution in [0, 0.1) is 0 Å². The monoisotopic (exact) mass is 174 g/mol. The molecule has 0 N–H and O–H groups in total. The van der Waals surface area contributed by atoms with Crippen LogP contribution in [-0.4, -0.2) is 9.55 Å². The summed E-state index contributed by atoms with van der Waals surface area (Å²) in [6.07, 6.45) is 5.98. The van der Waals surface area contributed by atoms with Gasteiger partial charge in [0.25, 0.3) is 0 Å². The van der Waals surface area contributed by atoms with Crippen LogP contribution in [0.5, 0.6) is 0 Å². The molecule has 2 heterocycles. The lowest BCUT2D eigenvalue weighted by molar-refractivity contribution is 0.857. The Kier molecular flexibility index (Phi) is 1.83. The van der Waals surface area contributed by atoms with E-state index in [2.05, 4.69) is 42.7 Å². The van der Waals surface area contributed by atoms with Crippen molar-refractivity contribution in [1.29, 1.82) is 0 Å². The van der Waals surface area contributed by atoms with Crippen molar-refractivity contribution >= 4 is 10.9 Å². The number of hydrogen-bond donors (Lipinski definition) is 0. The molecule has 0 atom stereocenters. The topological polar surface area (TPSA) is 17.8 Å². The van der Waals surface area contributed by atoms with Crippen LogP contribution in [0.3, 0.4) is 0 Å². The van der Waals surface area contributed by atoms with Crippen LogP contribution in [0.1, 0.15) is 25.3 Å². The second kappa shape index (κ2) is 2.87. The normalized spacial score (nSPS) is 11.4. The molecular weight excluding hydrogens is 160 g/mol. The van der Waals surface area contributed by atoms with Gasteiger partial charge in [0.15, 0.2) is 0 Å². The van der Waals surface area contributed by atoms with Crippen molar-refractivity contribution in [2.45, 2.75) is 19.8 Å². The average Bonchev–Trinajstić information content (AvgIpc) is 2.45. The van der Waals surface area contributed by atoms with Gasteiger partial charge in [-0.3, -0.25) is 4.98 Å². The first-order valence-electron chi connectivity index (χ1n) is 4.59. The highest BCUT2D eigenvalue weighted by Crippen LogP contribution is 2.25. The lowest BCUT2D eigenvalue weighted by atomic mass is 10.0. The van der Waals surface area contributed by atoms with E-state index in [1.54, 1.807) is 0 Å². The molecule has 0 radical (unpaired) electrons. The van der Waals surface area contributed by atoms with Gasteiger partial charge in [0.05, 0.1) is 5.52 Å². The summed E-state index contributed by atoms with van der Waals surface area (Å²) in [6, 6.07) is 2.06. The van der Waals surface area contributed by atoms with Crippen molar-refractivity contribution in [3.63, 3.8) is 0 Å². The molecule has 0 bridgehead atoms. The molecule has 0 fully saturated rings. The Morgan fingerprint density at radius 3 is 2.85 bits per heavy atom. The van der Waals surface area contributed by atoms with E-state index in [1.807, 2.05) is 12.4 Å². The molecule has 2 aromatic rings. The van der Waals surface area contributed by atoms with Crippen LogP contribution in [-0.2, 0) is 7.05 Å². The largest absolute Gasteiger partial charge is 0.350 e. The SMILES string of the molecule is CC(C)c1cn(C)c2ccncc12. The molecule has 0 aliphatic rings. The van der Waals surface area contributed by atoms with Crippen molar-refractivity contribution in [2.75, 3.05) is 0 Å².